The molecule has 0 aliphatic heterocycles. The van der Waals surface area contributed by atoms with Gasteiger partial charge >= 0.3 is 0 Å². The molecule has 0 saturated heterocycles. The minimum absolute atomic E-state index is 0.856. The lowest BCUT2D eigenvalue weighted by atomic mass is 9.86. The van der Waals surface area contributed by atoms with E-state index in [4.69, 9.17) is 8.83 Å². The molecule has 0 N–H and O–H groups in total. The smallest absolute Gasteiger partial charge is 0.134 e. The first-order chi connectivity index (χ1) is 14.9. The third-order valence-electron chi connectivity index (χ3n) is 5.68. The molecule has 2 heterocycles. The maximum absolute atomic E-state index is 5.85. The minimum atomic E-state index is 0.856. The highest BCUT2D eigenvalue weighted by atomic mass is 16.3. The second-order valence-electron chi connectivity index (χ2n) is 7.37. The normalized spacial score (nSPS) is 11.3. The molecule has 0 saturated carbocycles. The van der Waals surface area contributed by atoms with Crippen LogP contribution in [0.5, 0.6) is 0 Å². The van der Waals surface area contributed by atoms with Crippen LogP contribution in [-0.4, -0.2) is 0 Å². The van der Waals surface area contributed by atoms with E-state index in [0.29, 0.717) is 0 Å². The molecule has 2 heteroatoms. The highest BCUT2D eigenvalue weighted by Gasteiger charge is 2.20. The SMILES string of the molecule is c1coc(-c2ccc3ccccc3c2-c2c(-c3ccco3)ccc3ccccc23)c1. The van der Waals surface area contributed by atoms with Crippen molar-refractivity contribution in [2.45, 2.75) is 0 Å². The maximum atomic E-state index is 5.85. The fourth-order valence-corrected chi connectivity index (χ4v) is 4.36. The summed E-state index contributed by atoms with van der Waals surface area (Å²) in [6.07, 6.45) is 3.45. The van der Waals surface area contributed by atoms with Crippen molar-refractivity contribution in [3.8, 4) is 33.8 Å². The van der Waals surface area contributed by atoms with E-state index in [2.05, 4.69) is 72.8 Å². The molecular formula is C28H18O2. The van der Waals surface area contributed by atoms with Gasteiger partial charge in [0.2, 0.25) is 0 Å². The van der Waals surface area contributed by atoms with Gasteiger partial charge in [-0.1, -0.05) is 60.7 Å². The summed E-state index contributed by atoms with van der Waals surface area (Å²) in [4.78, 5) is 0. The molecule has 2 nitrogen and oxygen atoms in total. The van der Waals surface area contributed by atoms with E-state index < -0.39 is 0 Å². The molecule has 0 radical (unpaired) electrons. The van der Waals surface area contributed by atoms with Crippen LogP contribution in [-0.2, 0) is 0 Å². The van der Waals surface area contributed by atoms with Gasteiger partial charge in [0.25, 0.3) is 0 Å². The fourth-order valence-electron chi connectivity index (χ4n) is 4.36. The molecule has 142 valence electrons. The Balaban J connectivity index is 1.83. The molecule has 0 aliphatic rings. The van der Waals surface area contributed by atoms with Crippen LogP contribution < -0.4 is 0 Å². The molecule has 6 rings (SSSR count). The number of hydrogen-bond donors (Lipinski definition) is 0. The van der Waals surface area contributed by atoms with E-state index in [1.165, 1.54) is 21.5 Å². The van der Waals surface area contributed by atoms with Gasteiger partial charge in [0.1, 0.15) is 11.5 Å². The Morgan fingerprint density at radius 2 is 0.867 bits per heavy atom. The van der Waals surface area contributed by atoms with Crippen LogP contribution in [0.25, 0.3) is 55.3 Å². The van der Waals surface area contributed by atoms with Gasteiger partial charge in [-0.3, -0.25) is 0 Å². The van der Waals surface area contributed by atoms with E-state index in [9.17, 15) is 0 Å². The highest BCUT2D eigenvalue weighted by molar-refractivity contribution is 6.14. The van der Waals surface area contributed by atoms with Gasteiger partial charge in [-0.25, -0.2) is 0 Å². The summed E-state index contributed by atoms with van der Waals surface area (Å²) in [6, 6.07) is 33.6. The largest absolute Gasteiger partial charge is 0.464 e. The van der Waals surface area contributed by atoms with Gasteiger partial charge in [0.05, 0.1) is 12.5 Å². The van der Waals surface area contributed by atoms with Crippen molar-refractivity contribution < 1.29 is 8.83 Å². The van der Waals surface area contributed by atoms with E-state index in [1.807, 2.05) is 24.3 Å². The summed E-state index contributed by atoms with van der Waals surface area (Å²) in [7, 11) is 0. The van der Waals surface area contributed by atoms with Crippen molar-refractivity contribution in [3.05, 3.63) is 110 Å². The molecule has 0 fully saturated rings. The lowest BCUT2D eigenvalue weighted by Crippen LogP contribution is -1.92. The first kappa shape index (κ1) is 16.9. The number of hydrogen-bond acceptors (Lipinski definition) is 2. The van der Waals surface area contributed by atoms with Crippen LogP contribution in [0.1, 0.15) is 0 Å². The molecule has 0 unspecified atom stereocenters. The molecule has 0 amide bonds. The Labute approximate surface area is 174 Å². The van der Waals surface area contributed by atoms with Crippen LogP contribution in [0, 0.1) is 0 Å². The maximum Gasteiger partial charge on any atom is 0.134 e. The molecule has 6 aromatic rings. The summed E-state index contributed by atoms with van der Waals surface area (Å²) >= 11 is 0. The predicted molar refractivity (Wildman–Crippen MR) is 122 cm³/mol. The van der Waals surface area contributed by atoms with Gasteiger partial charge in [-0.05, 0) is 57.9 Å². The Kier molecular flexibility index (Phi) is 3.82. The van der Waals surface area contributed by atoms with Crippen molar-refractivity contribution in [3.63, 3.8) is 0 Å². The van der Waals surface area contributed by atoms with Gasteiger partial charge in [0, 0.05) is 22.3 Å². The Morgan fingerprint density at radius 3 is 1.30 bits per heavy atom. The second kappa shape index (κ2) is 6.78. The van der Waals surface area contributed by atoms with Crippen molar-refractivity contribution in [1.29, 1.82) is 0 Å². The zero-order valence-electron chi connectivity index (χ0n) is 16.2. The summed E-state index contributed by atoms with van der Waals surface area (Å²) in [5.41, 5.74) is 4.46. The van der Waals surface area contributed by atoms with Gasteiger partial charge in [0.15, 0.2) is 0 Å². The third-order valence-corrected chi connectivity index (χ3v) is 5.68. The Bertz CT molecular complexity index is 1360. The van der Waals surface area contributed by atoms with Crippen molar-refractivity contribution >= 4 is 21.5 Å². The van der Waals surface area contributed by atoms with Gasteiger partial charge < -0.3 is 8.83 Å². The summed E-state index contributed by atoms with van der Waals surface area (Å²) in [6.45, 7) is 0. The zero-order chi connectivity index (χ0) is 19.9. The number of fused-ring (bicyclic) bond motifs is 2. The minimum Gasteiger partial charge on any atom is -0.464 e. The summed E-state index contributed by atoms with van der Waals surface area (Å²) in [5, 5.41) is 4.77. The van der Waals surface area contributed by atoms with Crippen LogP contribution in [0.4, 0.5) is 0 Å². The third kappa shape index (κ3) is 2.58. The summed E-state index contributed by atoms with van der Waals surface area (Å²) < 4.78 is 11.7. The van der Waals surface area contributed by atoms with Crippen molar-refractivity contribution in [1.82, 2.24) is 0 Å². The van der Waals surface area contributed by atoms with Gasteiger partial charge in [-0.15, -0.1) is 0 Å². The number of benzene rings is 4. The second-order valence-corrected chi connectivity index (χ2v) is 7.37. The topological polar surface area (TPSA) is 26.3 Å². The predicted octanol–water partition coefficient (Wildman–Crippen LogP) is 8.18. The fraction of sp³-hybridized carbons (Fsp3) is 0. The molecule has 0 aliphatic carbocycles. The number of furan rings is 2. The standard InChI is InChI=1S/C28H18O2/c1-3-9-21-19(7-1)13-15-23(25-11-5-17-29-25)27(21)28-22-10-4-2-8-20(22)14-16-24(28)26-12-6-18-30-26/h1-18H. The lowest BCUT2D eigenvalue weighted by Gasteiger charge is -2.18. The highest BCUT2D eigenvalue weighted by Crippen LogP contribution is 2.45. The molecule has 0 spiro atoms. The zero-order valence-corrected chi connectivity index (χ0v) is 16.2. The summed E-state index contributed by atoms with van der Waals surface area (Å²) in [5.74, 6) is 1.71. The van der Waals surface area contributed by atoms with Crippen LogP contribution in [0.2, 0.25) is 0 Å². The molecule has 0 bridgehead atoms. The van der Waals surface area contributed by atoms with Crippen LogP contribution in [0.3, 0.4) is 0 Å². The van der Waals surface area contributed by atoms with E-state index in [0.717, 1.165) is 33.8 Å². The van der Waals surface area contributed by atoms with Crippen molar-refractivity contribution in [2.24, 2.45) is 0 Å². The monoisotopic (exact) mass is 386 g/mol. The first-order valence-electron chi connectivity index (χ1n) is 10.0. The first-order valence-corrected chi connectivity index (χ1v) is 10.0. The molecule has 0 atom stereocenters. The average Bonchev–Trinajstić information content (AvgIpc) is 3.52. The molecular weight excluding hydrogens is 368 g/mol. The van der Waals surface area contributed by atoms with E-state index >= 15 is 0 Å². The van der Waals surface area contributed by atoms with E-state index in [-0.39, 0.29) is 0 Å². The van der Waals surface area contributed by atoms with Crippen LogP contribution in [0.15, 0.2) is 118 Å². The van der Waals surface area contributed by atoms with Crippen LogP contribution >= 0.6 is 0 Å². The quantitative estimate of drug-likeness (QED) is 0.306. The van der Waals surface area contributed by atoms with Crippen molar-refractivity contribution in [2.75, 3.05) is 0 Å². The molecule has 2 aromatic heterocycles. The molecule has 4 aromatic carbocycles. The Morgan fingerprint density at radius 1 is 0.400 bits per heavy atom. The van der Waals surface area contributed by atoms with Gasteiger partial charge in [-0.2, -0.15) is 0 Å². The van der Waals surface area contributed by atoms with E-state index in [1.54, 1.807) is 12.5 Å². The number of rotatable bonds is 3. The lowest BCUT2D eigenvalue weighted by molar-refractivity contribution is 0.581. The average molecular weight is 386 g/mol. The molecule has 30 heavy (non-hydrogen) atoms. The Hall–Kier alpha value is -4.04.